The number of likely N-dealkylation sites (tertiary alicyclic amines) is 1. The van der Waals surface area contributed by atoms with E-state index in [0.717, 1.165) is 25.1 Å². The molecule has 1 saturated heterocycles. The van der Waals surface area contributed by atoms with E-state index in [-0.39, 0.29) is 6.10 Å². The predicted molar refractivity (Wildman–Crippen MR) is 91.2 cm³/mol. The van der Waals surface area contributed by atoms with Gasteiger partial charge in [-0.25, -0.2) is 0 Å². The van der Waals surface area contributed by atoms with Crippen molar-refractivity contribution in [3.63, 3.8) is 0 Å². The summed E-state index contributed by atoms with van der Waals surface area (Å²) < 4.78 is 6.12. The van der Waals surface area contributed by atoms with Crippen molar-refractivity contribution in [3.05, 3.63) is 48.6 Å². The van der Waals surface area contributed by atoms with E-state index in [1.165, 1.54) is 0 Å². The van der Waals surface area contributed by atoms with Gasteiger partial charge in [0.1, 0.15) is 0 Å². The number of carbonyl (C=O) groups is 1. The minimum absolute atomic E-state index is 0.123. The van der Waals surface area contributed by atoms with Gasteiger partial charge in [0, 0.05) is 25.6 Å². The number of hydrogen-bond acceptors (Lipinski definition) is 3. The Hall–Kier alpha value is -1.65. The van der Waals surface area contributed by atoms with Crippen LogP contribution < -0.4 is 0 Å². The fraction of sp³-hybridized carbons (Fsp3) is 0.526. The van der Waals surface area contributed by atoms with Gasteiger partial charge in [0.25, 0.3) is 0 Å². The van der Waals surface area contributed by atoms with Crippen LogP contribution in [-0.4, -0.2) is 41.7 Å². The molecule has 4 heteroatoms. The predicted octanol–water partition coefficient (Wildman–Crippen LogP) is 3.19. The summed E-state index contributed by atoms with van der Waals surface area (Å²) >= 11 is 0. The summed E-state index contributed by atoms with van der Waals surface area (Å²) in [5.74, 6) is -0.382. The highest BCUT2D eigenvalue weighted by Crippen LogP contribution is 2.28. The molecule has 126 valence electrons. The fourth-order valence-electron chi connectivity index (χ4n) is 3.09. The molecule has 4 nitrogen and oxygen atoms in total. The van der Waals surface area contributed by atoms with Crippen LogP contribution in [0.5, 0.6) is 0 Å². The Morgan fingerprint density at radius 1 is 1.39 bits per heavy atom. The van der Waals surface area contributed by atoms with Gasteiger partial charge in [-0.3, -0.25) is 9.69 Å². The first-order valence-electron chi connectivity index (χ1n) is 8.14. The van der Waals surface area contributed by atoms with Crippen LogP contribution in [0.1, 0.15) is 25.8 Å². The number of allylic oxidation sites excluding steroid dienone is 1. The third-order valence-electron chi connectivity index (χ3n) is 4.43. The Bertz CT molecular complexity index is 527. The standard InChI is InChI=1S/C19H27NO3/c1-4-8-16-11-20(14-19(2,3)18(21)22)12-17(16)23-13-15-9-6-5-7-10-15/h4-7,9-10,16-17H,1,8,11-14H2,2-3H3,(H,21,22)/t16-,17-/m0/s1. The lowest BCUT2D eigenvalue weighted by molar-refractivity contribution is -0.147. The van der Waals surface area contributed by atoms with Crippen LogP contribution >= 0.6 is 0 Å². The van der Waals surface area contributed by atoms with Crippen molar-refractivity contribution in [2.75, 3.05) is 19.6 Å². The van der Waals surface area contributed by atoms with Crippen molar-refractivity contribution in [1.82, 2.24) is 4.90 Å². The Kier molecular flexibility index (Phi) is 5.97. The molecule has 1 aliphatic rings. The van der Waals surface area contributed by atoms with Crippen molar-refractivity contribution in [3.8, 4) is 0 Å². The van der Waals surface area contributed by atoms with Gasteiger partial charge < -0.3 is 9.84 Å². The monoisotopic (exact) mass is 317 g/mol. The molecule has 0 bridgehead atoms. The second-order valence-corrected chi connectivity index (χ2v) is 7.00. The molecule has 2 atom stereocenters. The maximum atomic E-state index is 11.3. The first kappa shape index (κ1) is 17.7. The van der Waals surface area contributed by atoms with E-state index in [2.05, 4.69) is 23.6 Å². The average Bonchev–Trinajstić information content (AvgIpc) is 2.87. The molecule has 23 heavy (non-hydrogen) atoms. The van der Waals surface area contributed by atoms with Crippen LogP contribution in [0.2, 0.25) is 0 Å². The van der Waals surface area contributed by atoms with E-state index in [0.29, 0.717) is 19.1 Å². The first-order valence-corrected chi connectivity index (χ1v) is 8.14. The van der Waals surface area contributed by atoms with Gasteiger partial charge in [-0.15, -0.1) is 6.58 Å². The van der Waals surface area contributed by atoms with E-state index in [9.17, 15) is 9.90 Å². The quantitative estimate of drug-likeness (QED) is 0.748. The van der Waals surface area contributed by atoms with Crippen LogP contribution in [-0.2, 0) is 16.1 Å². The molecule has 0 saturated carbocycles. The zero-order valence-electron chi connectivity index (χ0n) is 14.1. The molecule has 0 spiro atoms. The molecule has 2 rings (SSSR count). The lowest BCUT2D eigenvalue weighted by atomic mass is 9.93. The molecule has 1 N–H and O–H groups in total. The summed E-state index contributed by atoms with van der Waals surface area (Å²) in [6.45, 7) is 10.2. The Balaban J connectivity index is 1.95. The van der Waals surface area contributed by atoms with E-state index in [1.54, 1.807) is 13.8 Å². The molecule has 0 unspecified atom stereocenters. The zero-order chi connectivity index (χ0) is 16.9. The van der Waals surface area contributed by atoms with Gasteiger partial charge in [0.2, 0.25) is 0 Å². The third kappa shape index (κ3) is 4.91. The van der Waals surface area contributed by atoms with Gasteiger partial charge in [-0.05, 0) is 25.8 Å². The van der Waals surface area contributed by atoms with Gasteiger partial charge in [-0.2, -0.15) is 0 Å². The molecule has 1 aromatic carbocycles. The molecule has 1 aliphatic heterocycles. The lowest BCUT2D eigenvalue weighted by Crippen LogP contribution is -2.38. The highest BCUT2D eigenvalue weighted by Gasteiger charge is 2.37. The number of benzene rings is 1. The largest absolute Gasteiger partial charge is 0.481 e. The number of carboxylic acids is 1. The maximum absolute atomic E-state index is 11.3. The number of ether oxygens (including phenoxy) is 1. The third-order valence-corrected chi connectivity index (χ3v) is 4.43. The minimum Gasteiger partial charge on any atom is -0.481 e. The maximum Gasteiger partial charge on any atom is 0.310 e. The average molecular weight is 317 g/mol. The second kappa shape index (κ2) is 7.75. The molecule has 1 aromatic rings. The Morgan fingerprint density at radius 3 is 2.70 bits per heavy atom. The van der Waals surface area contributed by atoms with Crippen LogP contribution in [0.4, 0.5) is 0 Å². The summed E-state index contributed by atoms with van der Waals surface area (Å²) in [5.41, 5.74) is 0.418. The van der Waals surface area contributed by atoms with Crippen LogP contribution in [0.15, 0.2) is 43.0 Å². The van der Waals surface area contributed by atoms with Crippen molar-refractivity contribution in [2.45, 2.75) is 33.0 Å². The van der Waals surface area contributed by atoms with Crippen molar-refractivity contribution >= 4 is 5.97 Å². The summed E-state index contributed by atoms with van der Waals surface area (Å²) in [4.78, 5) is 13.5. The number of rotatable bonds is 8. The highest BCUT2D eigenvalue weighted by molar-refractivity contribution is 5.73. The summed E-state index contributed by atoms with van der Waals surface area (Å²) in [6.07, 6.45) is 2.94. The second-order valence-electron chi connectivity index (χ2n) is 7.00. The fourth-order valence-corrected chi connectivity index (χ4v) is 3.09. The normalized spacial score (nSPS) is 22.2. The molecule has 0 aromatic heterocycles. The summed E-state index contributed by atoms with van der Waals surface area (Å²) in [6, 6.07) is 10.1. The lowest BCUT2D eigenvalue weighted by Gasteiger charge is -2.26. The van der Waals surface area contributed by atoms with Crippen LogP contribution in [0, 0.1) is 11.3 Å². The molecule has 0 aliphatic carbocycles. The minimum atomic E-state index is -0.758. The van der Waals surface area contributed by atoms with Crippen LogP contribution in [0.25, 0.3) is 0 Å². The topological polar surface area (TPSA) is 49.8 Å². The van der Waals surface area contributed by atoms with E-state index < -0.39 is 11.4 Å². The van der Waals surface area contributed by atoms with Crippen molar-refractivity contribution in [2.24, 2.45) is 11.3 Å². The van der Waals surface area contributed by atoms with Gasteiger partial charge in [0.15, 0.2) is 0 Å². The number of nitrogens with zero attached hydrogens (tertiary/aromatic N) is 1. The molecule has 0 radical (unpaired) electrons. The molecule has 1 fully saturated rings. The smallest absolute Gasteiger partial charge is 0.310 e. The van der Waals surface area contributed by atoms with Crippen molar-refractivity contribution in [1.29, 1.82) is 0 Å². The molecule has 0 amide bonds. The van der Waals surface area contributed by atoms with Crippen LogP contribution in [0.3, 0.4) is 0 Å². The number of carboxylic acid groups (broad SMARTS) is 1. The Morgan fingerprint density at radius 2 is 2.09 bits per heavy atom. The van der Waals surface area contributed by atoms with Gasteiger partial charge >= 0.3 is 5.97 Å². The first-order chi connectivity index (χ1) is 10.9. The van der Waals surface area contributed by atoms with E-state index >= 15 is 0 Å². The van der Waals surface area contributed by atoms with E-state index in [4.69, 9.17) is 4.74 Å². The zero-order valence-corrected chi connectivity index (χ0v) is 14.1. The molecule has 1 heterocycles. The molecular weight excluding hydrogens is 290 g/mol. The SMILES string of the molecule is C=CC[C@H]1CN(CC(C)(C)C(=O)O)C[C@@H]1OCc1ccccc1. The van der Waals surface area contributed by atoms with Gasteiger partial charge in [0.05, 0.1) is 18.1 Å². The highest BCUT2D eigenvalue weighted by atomic mass is 16.5. The number of hydrogen-bond donors (Lipinski definition) is 1. The van der Waals surface area contributed by atoms with Crippen molar-refractivity contribution < 1.29 is 14.6 Å². The van der Waals surface area contributed by atoms with Gasteiger partial charge in [-0.1, -0.05) is 36.4 Å². The molecular formula is C19H27NO3. The summed E-state index contributed by atoms with van der Waals surface area (Å²) in [7, 11) is 0. The van der Waals surface area contributed by atoms with E-state index in [1.807, 2.05) is 24.3 Å². The number of aliphatic carboxylic acids is 1. The Labute approximate surface area is 138 Å². The summed E-state index contributed by atoms with van der Waals surface area (Å²) in [5, 5.41) is 9.31.